The van der Waals surface area contributed by atoms with E-state index < -0.39 is 12.0 Å². The molecule has 1 fully saturated rings. The second-order valence-electron chi connectivity index (χ2n) is 2.96. The van der Waals surface area contributed by atoms with Gasteiger partial charge in [-0.05, 0) is 0 Å². The van der Waals surface area contributed by atoms with Crippen molar-refractivity contribution in [1.82, 2.24) is 4.90 Å². The number of ether oxygens (including phenoxy) is 2. The van der Waals surface area contributed by atoms with Gasteiger partial charge in [0.2, 0.25) is 6.10 Å². The Morgan fingerprint density at radius 2 is 2.00 bits per heavy atom. The molecule has 2 N–H and O–H groups in total. The van der Waals surface area contributed by atoms with E-state index in [9.17, 15) is 9.59 Å². The number of primary amides is 1. The third kappa shape index (κ3) is 2.43. The highest BCUT2D eigenvalue weighted by Crippen LogP contribution is 2.02. The molecule has 0 saturated carbocycles. The van der Waals surface area contributed by atoms with Gasteiger partial charge in [-0.25, -0.2) is 0 Å². The van der Waals surface area contributed by atoms with Crippen molar-refractivity contribution in [1.29, 1.82) is 0 Å². The quantitative estimate of drug-likeness (QED) is 0.556. The molecular weight excluding hydrogens is 188 g/mol. The van der Waals surface area contributed by atoms with Crippen molar-refractivity contribution >= 4 is 11.8 Å². The lowest BCUT2D eigenvalue weighted by Gasteiger charge is -2.28. The molecule has 0 aliphatic carbocycles. The van der Waals surface area contributed by atoms with E-state index in [1.807, 2.05) is 0 Å². The molecule has 1 aliphatic rings. The van der Waals surface area contributed by atoms with Crippen molar-refractivity contribution in [3.63, 3.8) is 0 Å². The van der Waals surface area contributed by atoms with Crippen molar-refractivity contribution in [2.75, 3.05) is 33.4 Å². The molecule has 1 aliphatic heterocycles. The molecule has 80 valence electrons. The van der Waals surface area contributed by atoms with Crippen LogP contribution in [0.1, 0.15) is 0 Å². The summed E-state index contributed by atoms with van der Waals surface area (Å²) < 4.78 is 9.79. The number of amides is 2. The van der Waals surface area contributed by atoms with Crippen LogP contribution in [0, 0.1) is 0 Å². The number of carbonyl (C=O) groups is 2. The Morgan fingerprint density at radius 1 is 1.43 bits per heavy atom. The molecule has 0 aromatic rings. The van der Waals surface area contributed by atoms with Crippen LogP contribution in [0.4, 0.5) is 0 Å². The van der Waals surface area contributed by atoms with Crippen molar-refractivity contribution in [2.24, 2.45) is 5.73 Å². The number of nitrogens with zero attached hydrogens (tertiary/aromatic N) is 1. The molecule has 6 nitrogen and oxygen atoms in total. The molecule has 0 radical (unpaired) electrons. The molecule has 1 unspecified atom stereocenters. The first kappa shape index (κ1) is 10.9. The van der Waals surface area contributed by atoms with Crippen LogP contribution in [0.25, 0.3) is 0 Å². The molecule has 6 heteroatoms. The average molecular weight is 202 g/mol. The van der Waals surface area contributed by atoms with Gasteiger partial charge in [-0.1, -0.05) is 0 Å². The number of hydrogen-bond donors (Lipinski definition) is 1. The van der Waals surface area contributed by atoms with Crippen LogP contribution in [-0.2, 0) is 19.1 Å². The summed E-state index contributed by atoms with van der Waals surface area (Å²) in [5.41, 5.74) is 5.01. The zero-order chi connectivity index (χ0) is 10.6. The number of carbonyl (C=O) groups excluding carboxylic acids is 2. The smallest absolute Gasteiger partial charge is 0.261 e. The molecule has 1 heterocycles. The van der Waals surface area contributed by atoms with E-state index in [1.54, 1.807) is 0 Å². The minimum atomic E-state index is -1.17. The number of hydrogen-bond acceptors (Lipinski definition) is 4. The van der Waals surface area contributed by atoms with Crippen molar-refractivity contribution in [3.8, 4) is 0 Å². The summed E-state index contributed by atoms with van der Waals surface area (Å²) in [5.74, 6) is -1.15. The molecule has 14 heavy (non-hydrogen) atoms. The lowest BCUT2D eigenvalue weighted by atomic mass is 10.2. The lowest BCUT2D eigenvalue weighted by Crippen LogP contribution is -2.50. The number of morpholine rings is 1. The monoisotopic (exact) mass is 202 g/mol. The van der Waals surface area contributed by atoms with Gasteiger partial charge in [-0.3, -0.25) is 9.59 Å². The molecule has 0 aromatic carbocycles. The Labute approximate surface area is 81.9 Å². The maximum Gasteiger partial charge on any atom is 0.261 e. The topological polar surface area (TPSA) is 81.9 Å². The van der Waals surface area contributed by atoms with Gasteiger partial charge in [0, 0.05) is 20.2 Å². The summed E-state index contributed by atoms with van der Waals surface area (Å²) in [7, 11) is 1.29. The Hall–Kier alpha value is -1.14. The van der Waals surface area contributed by atoms with Crippen LogP contribution in [0.15, 0.2) is 0 Å². The molecule has 1 saturated heterocycles. The van der Waals surface area contributed by atoms with Crippen LogP contribution < -0.4 is 5.73 Å². The number of methoxy groups -OCH3 is 1. The first-order valence-corrected chi connectivity index (χ1v) is 4.35. The van der Waals surface area contributed by atoms with Crippen molar-refractivity contribution in [3.05, 3.63) is 0 Å². The van der Waals surface area contributed by atoms with Gasteiger partial charge < -0.3 is 20.1 Å². The van der Waals surface area contributed by atoms with Crippen molar-refractivity contribution < 1.29 is 19.1 Å². The highest BCUT2D eigenvalue weighted by Gasteiger charge is 2.29. The maximum absolute atomic E-state index is 11.6. The molecule has 0 bridgehead atoms. The Balaban J connectivity index is 2.56. The molecule has 1 atom stereocenters. The van der Waals surface area contributed by atoms with Gasteiger partial charge >= 0.3 is 0 Å². The third-order valence-corrected chi connectivity index (χ3v) is 2.04. The average Bonchev–Trinajstić information content (AvgIpc) is 2.19. The normalized spacial score (nSPS) is 19.1. The fourth-order valence-corrected chi connectivity index (χ4v) is 1.29. The van der Waals surface area contributed by atoms with Gasteiger partial charge in [-0.15, -0.1) is 0 Å². The van der Waals surface area contributed by atoms with Crippen LogP contribution >= 0.6 is 0 Å². The number of nitrogens with two attached hydrogens (primary N) is 1. The fraction of sp³-hybridized carbons (Fsp3) is 0.750. The predicted molar refractivity (Wildman–Crippen MR) is 47.4 cm³/mol. The van der Waals surface area contributed by atoms with Gasteiger partial charge in [-0.2, -0.15) is 0 Å². The van der Waals surface area contributed by atoms with Gasteiger partial charge in [0.25, 0.3) is 11.8 Å². The third-order valence-electron chi connectivity index (χ3n) is 2.04. The first-order chi connectivity index (χ1) is 6.66. The minimum absolute atomic E-state index is 0.386. The van der Waals surface area contributed by atoms with Gasteiger partial charge in [0.05, 0.1) is 13.2 Å². The largest absolute Gasteiger partial charge is 0.378 e. The van der Waals surface area contributed by atoms with E-state index in [-0.39, 0.29) is 5.91 Å². The van der Waals surface area contributed by atoms with E-state index >= 15 is 0 Å². The highest BCUT2D eigenvalue weighted by atomic mass is 16.5. The van der Waals surface area contributed by atoms with Crippen LogP contribution in [0.2, 0.25) is 0 Å². The number of rotatable bonds is 3. The molecular formula is C8H14N2O4. The summed E-state index contributed by atoms with van der Waals surface area (Å²) in [6.45, 7) is 1.93. The van der Waals surface area contributed by atoms with E-state index in [0.717, 1.165) is 0 Å². The summed E-state index contributed by atoms with van der Waals surface area (Å²) in [6.07, 6.45) is -1.17. The maximum atomic E-state index is 11.6. The standard InChI is InChI=1S/C8H14N2O4/c1-13-6(7(9)11)8(12)10-2-4-14-5-3-10/h6H,2-5H2,1H3,(H2,9,11). The van der Waals surface area contributed by atoms with Crippen LogP contribution in [0.5, 0.6) is 0 Å². The van der Waals surface area contributed by atoms with Crippen LogP contribution in [0.3, 0.4) is 0 Å². The highest BCUT2D eigenvalue weighted by molar-refractivity contribution is 6.02. The second kappa shape index (κ2) is 4.92. The minimum Gasteiger partial charge on any atom is -0.378 e. The van der Waals surface area contributed by atoms with E-state index in [1.165, 1.54) is 12.0 Å². The Kier molecular flexibility index (Phi) is 3.84. The first-order valence-electron chi connectivity index (χ1n) is 4.35. The second-order valence-corrected chi connectivity index (χ2v) is 2.96. The molecule has 0 spiro atoms. The van der Waals surface area contributed by atoms with Crippen LogP contribution in [-0.4, -0.2) is 56.2 Å². The Morgan fingerprint density at radius 3 is 2.43 bits per heavy atom. The fourth-order valence-electron chi connectivity index (χ4n) is 1.29. The molecule has 2 amide bonds. The Bertz CT molecular complexity index is 225. The molecule has 0 aromatic heterocycles. The summed E-state index contributed by atoms with van der Waals surface area (Å²) >= 11 is 0. The zero-order valence-electron chi connectivity index (χ0n) is 8.06. The lowest BCUT2D eigenvalue weighted by molar-refractivity contribution is -0.151. The zero-order valence-corrected chi connectivity index (χ0v) is 8.06. The summed E-state index contributed by atoms with van der Waals surface area (Å²) in [4.78, 5) is 24.0. The van der Waals surface area contributed by atoms with E-state index in [4.69, 9.17) is 15.2 Å². The SMILES string of the molecule is COC(C(N)=O)C(=O)N1CCOCC1. The predicted octanol–water partition coefficient (Wildman–Crippen LogP) is -1.65. The summed E-state index contributed by atoms with van der Waals surface area (Å²) in [6, 6.07) is 0. The van der Waals surface area contributed by atoms with E-state index in [0.29, 0.717) is 26.3 Å². The van der Waals surface area contributed by atoms with Crippen molar-refractivity contribution in [2.45, 2.75) is 6.10 Å². The summed E-state index contributed by atoms with van der Waals surface area (Å²) in [5, 5.41) is 0. The van der Waals surface area contributed by atoms with Gasteiger partial charge in [0.1, 0.15) is 0 Å². The van der Waals surface area contributed by atoms with E-state index in [2.05, 4.69) is 0 Å². The molecule has 1 rings (SSSR count). The van der Waals surface area contributed by atoms with Gasteiger partial charge in [0.15, 0.2) is 0 Å².